The molecular weight excluding hydrogens is 1190 g/mol. The highest BCUT2D eigenvalue weighted by Gasteiger charge is 2.47. The van der Waals surface area contributed by atoms with Crippen LogP contribution in [0.1, 0.15) is 99.8 Å². The summed E-state index contributed by atoms with van der Waals surface area (Å²) in [7, 11) is 0. The van der Waals surface area contributed by atoms with Crippen molar-refractivity contribution in [2.45, 2.75) is 81.3 Å². The van der Waals surface area contributed by atoms with Crippen LogP contribution in [-0.2, 0) is 19.1 Å². The number of imide groups is 2. The number of fused-ring (bicyclic) bond motifs is 2. The monoisotopic (exact) mass is 1250 g/mol. The smallest absolute Gasteiger partial charge is 0.337 e. The highest BCUT2D eigenvalue weighted by Crippen LogP contribution is 2.58. The van der Waals surface area contributed by atoms with Gasteiger partial charge < -0.3 is 37.9 Å². The summed E-state index contributed by atoms with van der Waals surface area (Å²) in [5.41, 5.74) is 6.71. The van der Waals surface area contributed by atoms with Crippen molar-refractivity contribution in [1.82, 2.24) is 9.80 Å². The summed E-state index contributed by atoms with van der Waals surface area (Å²) >= 11 is 0. The molecule has 2 atom stereocenters. The lowest BCUT2D eigenvalue weighted by atomic mass is 9.80. The predicted molar refractivity (Wildman–Crippen MR) is 357 cm³/mol. The largest absolute Gasteiger partial charge is 0.457 e. The number of esters is 2. The molecule has 2 aliphatic rings. The van der Waals surface area contributed by atoms with Crippen molar-refractivity contribution >= 4 is 78.7 Å². The summed E-state index contributed by atoms with van der Waals surface area (Å²) in [6.07, 6.45) is 0. The minimum atomic E-state index is -1.61. The molecule has 472 valence electrons. The van der Waals surface area contributed by atoms with Gasteiger partial charge in [-0.05, 0) is 211 Å². The number of nitrogens with zero attached hydrogens (tertiary/aromatic N) is 2. The van der Waals surface area contributed by atoms with Crippen LogP contribution in [0.3, 0.4) is 0 Å². The average molecular weight is 1260 g/mol. The van der Waals surface area contributed by atoms with Crippen molar-refractivity contribution < 1.29 is 66.7 Å². The van der Waals surface area contributed by atoms with E-state index < -0.39 is 60.9 Å². The lowest BCUT2D eigenvalue weighted by Crippen LogP contribution is -2.54. The van der Waals surface area contributed by atoms with Gasteiger partial charge >= 0.3 is 11.9 Å². The molecule has 0 saturated carbocycles. The van der Waals surface area contributed by atoms with Crippen LogP contribution in [0.2, 0.25) is 0 Å². The normalized spacial score (nSPS) is 13.5. The molecule has 0 spiro atoms. The first-order valence-electron chi connectivity index (χ1n) is 31.1. The maximum absolute atomic E-state index is 16.1. The Kier molecular flexibility index (Phi) is 16.4. The molecule has 4 amide bonds. The van der Waals surface area contributed by atoms with Crippen LogP contribution in [0, 0.1) is 55.4 Å². The quantitative estimate of drug-likeness (QED) is 0.0231. The number of rotatable bonds is 20. The highest BCUT2D eigenvalue weighted by molar-refractivity contribution is 6.45. The summed E-state index contributed by atoms with van der Waals surface area (Å²) in [5, 5.41) is 1.96. The zero-order chi connectivity index (χ0) is 66.0. The van der Waals surface area contributed by atoms with Crippen LogP contribution < -0.4 is 28.4 Å². The Morgan fingerprint density at radius 2 is 0.564 bits per heavy atom. The Hall–Kier alpha value is -10.9. The molecule has 0 radical (unpaired) electrons. The second-order valence-electron chi connectivity index (χ2n) is 24.2. The van der Waals surface area contributed by atoms with E-state index in [1.165, 1.54) is 0 Å². The third kappa shape index (κ3) is 11.4. The zero-order valence-electron chi connectivity index (χ0n) is 53.6. The summed E-state index contributed by atoms with van der Waals surface area (Å²) in [4.78, 5) is 95.7. The summed E-state index contributed by atoms with van der Waals surface area (Å²) in [6, 6.07) is 42.4. The molecule has 0 N–H and O–H groups in total. The highest BCUT2D eigenvalue weighted by atomic mass is 16.6. The van der Waals surface area contributed by atoms with Crippen LogP contribution in [-0.4, -0.2) is 83.9 Å². The molecule has 0 saturated heterocycles. The Bertz CT molecular complexity index is 4340. The molecule has 94 heavy (non-hydrogen) atoms. The van der Waals surface area contributed by atoms with Crippen molar-refractivity contribution in [3.05, 3.63) is 224 Å². The van der Waals surface area contributed by atoms with E-state index in [1.807, 2.05) is 128 Å². The molecule has 0 aromatic heterocycles. The first kappa shape index (κ1) is 61.9. The minimum Gasteiger partial charge on any atom is -0.457 e. The Labute approximate surface area is 542 Å². The Balaban J connectivity index is 1.21. The average Bonchev–Trinajstić information content (AvgIpc) is 0.672. The molecule has 2 unspecified atom stereocenters. The van der Waals surface area contributed by atoms with E-state index in [0.29, 0.717) is 23.0 Å². The number of hydrogen-bond donors (Lipinski definition) is 0. The van der Waals surface area contributed by atoms with E-state index in [4.69, 9.17) is 37.9 Å². The number of carbonyl (C=O) groups is 6. The fraction of sp³-hybridized carbons (Fsp3) is 0.205. The van der Waals surface area contributed by atoms with Crippen molar-refractivity contribution in [1.29, 1.82) is 0 Å². The summed E-state index contributed by atoms with van der Waals surface area (Å²) in [6.45, 7) is 18.3. The maximum atomic E-state index is 16.1. The Morgan fingerprint density at radius 1 is 0.319 bits per heavy atom. The first-order valence-corrected chi connectivity index (χ1v) is 31.1. The lowest BCUT2D eigenvalue weighted by molar-refractivity contribution is -0.141. The van der Waals surface area contributed by atoms with Crippen LogP contribution in [0.15, 0.2) is 158 Å². The molecule has 0 fully saturated rings. The standard InChI is InChI=1S/C78H66N2O14/c1-11-87-39-59(77(85)93-49-19-15-13-16-20-49)79-73(81)55-35-61(89-51-27-41(3)23-42(4)28-51)67-69-63(91-53-31-45(7)25-46(8)32-53)37-57-66-58(76(84)80(75(57)83)60(40-88-12-2)78(86)94-50-21-17-14-18-22-50)38-64(92-54-33-47(9)26-48(10)34-54)70(72(66)69)68-62(36-56(74(79)82)65(55)71(67)68)90-52-29-43(5)24-44(6)30-52/h13-38,59-60H,11-12,39-40H2,1-10H3. The molecule has 16 nitrogen and oxygen atoms in total. The third-order valence-electron chi connectivity index (χ3n) is 16.7. The second-order valence-corrected chi connectivity index (χ2v) is 24.2. The van der Waals surface area contributed by atoms with Gasteiger partial charge in [-0.15, -0.1) is 0 Å². The first-order chi connectivity index (χ1) is 45.2. The third-order valence-corrected chi connectivity index (χ3v) is 16.7. The summed E-state index contributed by atoms with van der Waals surface area (Å²) in [5.74, 6) is -3.18. The molecule has 2 heterocycles. The topological polar surface area (TPSA) is 183 Å². The van der Waals surface area contributed by atoms with Crippen molar-refractivity contribution in [3.63, 3.8) is 0 Å². The van der Waals surface area contributed by atoms with Crippen molar-refractivity contribution in [2.75, 3.05) is 26.4 Å². The molecule has 13 rings (SSSR count). The minimum absolute atomic E-state index is 0.0349. The number of aryl methyl sites for hydroxylation is 8. The van der Waals surface area contributed by atoms with Crippen molar-refractivity contribution in [2.24, 2.45) is 0 Å². The van der Waals surface area contributed by atoms with Gasteiger partial charge in [0.1, 0.15) is 57.5 Å². The molecule has 11 aromatic carbocycles. The van der Waals surface area contributed by atoms with Gasteiger partial charge in [0.05, 0.1) is 35.5 Å². The van der Waals surface area contributed by atoms with E-state index in [1.54, 1.807) is 98.8 Å². The van der Waals surface area contributed by atoms with E-state index in [-0.39, 0.29) is 113 Å². The van der Waals surface area contributed by atoms with E-state index >= 15 is 19.2 Å². The van der Waals surface area contributed by atoms with Gasteiger partial charge in [0.15, 0.2) is 12.1 Å². The maximum Gasteiger partial charge on any atom is 0.337 e. The molecule has 11 aromatic rings. The van der Waals surface area contributed by atoms with Crippen LogP contribution in [0.4, 0.5) is 0 Å². The lowest BCUT2D eigenvalue weighted by Gasteiger charge is -2.35. The van der Waals surface area contributed by atoms with E-state index in [9.17, 15) is 9.59 Å². The summed E-state index contributed by atoms with van der Waals surface area (Å²) < 4.78 is 52.7. The van der Waals surface area contributed by atoms with Crippen LogP contribution in [0.25, 0.3) is 43.1 Å². The fourth-order valence-electron chi connectivity index (χ4n) is 13.2. The van der Waals surface area contributed by atoms with Gasteiger partial charge in [0, 0.05) is 56.3 Å². The van der Waals surface area contributed by atoms with Crippen LogP contribution >= 0.6 is 0 Å². The zero-order valence-corrected chi connectivity index (χ0v) is 53.6. The van der Waals surface area contributed by atoms with Crippen molar-refractivity contribution in [3.8, 4) is 57.5 Å². The molecule has 0 bridgehead atoms. The van der Waals surface area contributed by atoms with E-state index in [0.717, 1.165) is 54.3 Å². The van der Waals surface area contributed by atoms with Gasteiger partial charge in [-0.25, -0.2) is 9.59 Å². The number of amides is 4. The van der Waals surface area contributed by atoms with Gasteiger partial charge in [0.25, 0.3) is 23.6 Å². The fourth-order valence-corrected chi connectivity index (χ4v) is 13.2. The Morgan fingerprint density at radius 3 is 0.798 bits per heavy atom. The van der Waals surface area contributed by atoms with E-state index in [2.05, 4.69) is 0 Å². The number of carbonyl (C=O) groups excluding carboxylic acids is 6. The number of para-hydroxylation sites is 2. The second kappa shape index (κ2) is 24.9. The number of ether oxygens (including phenoxy) is 8. The number of benzene rings is 11. The number of hydrogen-bond acceptors (Lipinski definition) is 14. The molecule has 16 heteroatoms. The van der Waals surface area contributed by atoms with Gasteiger partial charge in [-0.3, -0.25) is 29.0 Å². The SMILES string of the molecule is CCOCC(C(=O)Oc1ccccc1)N1C(=O)c2cc(Oc3cc(C)cc(C)c3)c3c4c(Oc5cc(C)cc(C)c5)cc5c6c(cc(Oc7cc(C)cc(C)c7)c(c7c(Oc8cc(C)cc(C)c8)cc(c2c37)C1=O)c64)C(=O)N(C(COCC)C(=O)Oc1ccccc1)C5=O. The molecule has 0 aliphatic carbocycles. The predicted octanol–water partition coefficient (Wildman–Crippen LogP) is 16.6. The van der Waals surface area contributed by atoms with Crippen LogP contribution in [0.5, 0.6) is 57.5 Å². The molecular formula is C78H66N2O14. The van der Waals surface area contributed by atoms with Gasteiger partial charge in [-0.1, -0.05) is 60.7 Å². The van der Waals surface area contributed by atoms with Gasteiger partial charge in [0.2, 0.25) is 0 Å². The van der Waals surface area contributed by atoms with Gasteiger partial charge in [-0.2, -0.15) is 0 Å². The molecule has 2 aliphatic heterocycles.